The summed E-state index contributed by atoms with van der Waals surface area (Å²) < 4.78 is 3.57. The lowest BCUT2D eigenvalue weighted by Crippen LogP contribution is -2.25. The summed E-state index contributed by atoms with van der Waals surface area (Å²) in [4.78, 5) is 17.8. The van der Waals surface area contributed by atoms with Crippen LogP contribution in [0, 0.1) is 0 Å². The molecule has 0 aliphatic carbocycles. The molecular formula is C20H23ClN4OS. The van der Waals surface area contributed by atoms with E-state index in [4.69, 9.17) is 11.6 Å². The number of nitrogens with one attached hydrogen (secondary N) is 1. The molecule has 1 N–H and O–H groups in total. The highest BCUT2D eigenvalue weighted by molar-refractivity contribution is 7.99. The van der Waals surface area contributed by atoms with E-state index in [2.05, 4.69) is 10.3 Å². The quantitative estimate of drug-likeness (QED) is 0.641. The van der Waals surface area contributed by atoms with Gasteiger partial charge in [0.15, 0.2) is 0 Å². The van der Waals surface area contributed by atoms with Crippen molar-refractivity contribution in [1.29, 1.82) is 0 Å². The minimum atomic E-state index is -0.00441. The molecule has 0 aliphatic heterocycles. The van der Waals surface area contributed by atoms with Crippen molar-refractivity contribution in [3.63, 3.8) is 0 Å². The van der Waals surface area contributed by atoms with E-state index in [1.807, 2.05) is 61.9 Å². The maximum Gasteiger partial charge on any atom is 0.329 e. The van der Waals surface area contributed by atoms with E-state index in [0.29, 0.717) is 18.1 Å². The van der Waals surface area contributed by atoms with Crippen LogP contribution >= 0.6 is 23.4 Å². The van der Waals surface area contributed by atoms with Crippen LogP contribution in [0.3, 0.4) is 0 Å². The van der Waals surface area contributed by atoms with Crippen LogP contribution in [0.25, 0.3) is 0 Å². The molecule has 3 rings (SSSR count). The summed E-state index contributed by atoms with van der Waals surface area (Å²) in [5.41, 5.74) is 2.12. The summed E-state index contributed by atoms with van der Waals surface area (Å²) in [6, 6.07) is 11.7. The fourth-order valence-electron chi connectivity index (χ4n) is 2.87. The number of benzene rings is 1. The summed E-state index contributed by atoms with van der Waals surface area (Å²) in [5, 5.41) is 5.07. The van der Waals surface area contributed by atoms with E-state index in [0.717, 1.165) is 21.2 Å². The molecule has 0 spiro atoms. The lowest BCUT2D eigenvalue weighted by Gasteiger charge is -2.13. The minimum Gasteiger partial charge on any atom is -0.307 e. The fraction of sp³-hybridized carbons (Fsp3) is 0.300. The molecule has 2 heterocycles. The van der Waals surface area contributed by atoms with Gasteiger partial charge in [-0.2, -0.15) is 0 Å². The normalized spacial score (nSPS) is 11.3. The van der Waals surface area contributed by atoms with Gasteiger partial charge in [0.2, 0.25) is 0 Å². The van der Waals surface area contributed by atoms with Crippen molar-refractivity contribution < 1.29 is 0 Å². The molecule has 5 nitrogen and oxygen atoms in total. The van der Waals surface area contributed by atoms with E-state index >= 15 is 0 Å². The summed E-state index contributed by atoms with van der Waals surface area (Å²) in [7, 11) is 1.83. The number of imidazole rings is 1. The first-order valence-electron chi connectivity index (χ1n) is 8.80. The average Bonchev–Trinajstić information content (AvgIpc) is 2.87. The molecule has 0 unspecified atom stereocenters. The Balaban J connectivity index is 1.89. The fourth-order valence-corrected chi connectivity index (χ4v) is 4.40. The minimum absolute atomic E-state index is 0.00441. The number of nitrogens with zero attached hydrogens (tertiary/aromatic N) is 3. The van der Waals surface area contributed by atoms with Gasteiger partial charge in [-0.05, 0) is 49.7 Å². The molecule has 2 aromatic heterocycles. The summed E-state index contributed by atoms with van der Waals surface area (Å²) in [6.07, 6.45) is 3.56. The zero-order valence-electron chi connectivity index (χ0n) is 15.6. The first-order chi connectivity index (χ1) is 13.0. The van der Waals surface area contributed by atoms with E-state index < -0.39 is 0 Å². The molecule has 27 heavy (non-hydrogen) atoms. The van der Waals surface area contributed by atoms with Crippen LogP contribution in [-0.4, -0.2) is 14.1 Å². The predicted molar refractivity (Wildman–Crippen MR) is 110 cm³/mol. The van der Waals surface area contributed by atoms with E-state index in [9.17, 15) is 4.79 Å². The second kappa shape index (κ2) is 8.78. The molecule has 0 saturated heterocycles. The SMILES string of the molecule is CC(C)n1c(Sc2cccc(Cl)c2)c(CNCc2ccncc2)n(C)c1=O. The highest BCUT2D eigenvalue weighted by atomic mass is 35.5. The number of aromatic nitrogens is 3. The summed E-state index contributed by atoms with van der Waals surface area (Å²) >= 11 is 7.71. The maximum absolute atomic E-state index is 12.8. The third-order valence-corrected chi connectivity index (χ3v) is 5.61. The standard InChI is InChI=1S/C20H23ClN4OS/c1-14(2)25-19(27-17-6-4-5-16(21)11-17)18(24(3)20(25)26)13-23-12-15-7-9-22-10-8-15/h4-11,14,23H,12-13H2,1-3H3. The molecule has 0 amide bonds. The number of hydrogen-bond acceptors (Lipinski definition) is 4. The Morgan fingerprint density at radius 3 is 2.59 bits per heavy atom. The van der Waals surface area contributed by atoms with Crippen LogP contribution in [0.5, 0.6) is 0 Å². The molecule has 0 fully saturated rings. The average molecular weight is 403 g/mol. The van der Waals surface area contributed by atoms with Gasteiger partial charge in [0.05, 0.1) is 5.69 Å². The van der Waals surface area contributed by atoms with Gasteiger partial charge in [-0.25, -0.2) is 4.79 Å². The van der Waals surface area contributed by atoms with Crippen molar-refractivity contribution in [3.8, 4) is 0 Å². The molecule has 7 heteroatoms. The van der Waals surface area contributed by atoms with Crippen molar-refractivity contribution in [2.24, 2.45) is 7.05 Å². The van der Waals surface area contributed by atoms with E-state index in [1.165, 1.54) is 0 Å². The Kier molecular flexibility index (Phi) is 6.42. The van der Waals surface area contributed by atoms with Crippen molar-refractivity contribution in [2.75, 3.05) is 0 Å². The monoisotopic (exact) mass is 402 g/mol. The van der Waals surface area contributed by atoms with Gasteiger partial charge in [0.25, 0.3) is 0 Å². The van der Waals surface area contributed by atoms with Crippen LogP contribution in [0.2, 0.25) is 5.02 Å². The summed E-state index contributed by atoms with van der Waals surface area (Å²) in [6.45, 7) is 5.36. The van der Waals surface area contributed by atoms with Gasteiger partial charge in [-0.15, -0.1) is 0 Å². The second-order valence-corrected chi connectivity index (χ2v) is 8.07. The van der Waals surface area contributed by atoms with Crippen LogP contribution in [0.4, 0.5) is 0 Å². The van der Waals surface area contributed by atoms with Gasteiger partial charge in [0.1, 0.15) is 5.03 Å². The maximum atomic E-state index is 12.8. The van der Waals surface area contributed by atoms with E-state index in [-0.39, 0.29) is 11.7 Å². The largest absolute Gasteiger partial charge is 0.329 e. The second-order valence-electron chi connectivity index (χ2n) is 6.58. The molecule has 3 aromatic rings. The molecule has 0 radical (unpaired) electrons. The lowest BCUT2D eigenvalue weighted by atomic mass is 10.2. The zero-order chi connectivity index (χ0) is 19.4. The highest BCUT2D eigenvalue weighted by Crippen LogP contribution is 2.33. The Bertz CT molecular complexity index is 966. The molecule has 0 atom stereocenters. The highest BCUT2D eigenvalue weighted by Gasteiger charge is 2.20. The molecule has 0 bridgehead atoms. The molecule has 1 aromatic carbocycles. The van der Waals surface area contributed by atoms with Crippen LogP contribution < -0.4 is 11.0 Å². The number of halogens is 1. The van der Waals surface area contributed by atoms with Crippen LogP contribution in [-0.2, 0) is 20.1 Å². The Hall–Kier alpha value is -2.02. The Morgan fingerprint density at radius 1 is 1.19 bits per heavy atom. The summed E-state index contributed by atoms with van der Waals surface area (Å²) in [5.74, 6) is 0. The van der Waals surface area contributed by atoms with Gasteiger partial charge in [-0.1, -0.05) is 29.4 Å². The van der Waals surface area contributed by atoms with Crippen LogP contribution in [0.1, 0.15) is 31.1 Å². The van der Waals surface area contributed by atoms with Gasteiger partial charge < -0.3 is 5.32 Å². The Morgan fingerprint density at radius 2 is 1.93 bits per heavy atom. The molecule has 0 aliphatic rings. The molecular weight excluding hydrogens is 380 g/mol. The van der Waals surface area contributed by atoms with Crippen molar-refractivity contribution in [2.45, 2.75) is 42.9 Å². The topological polar surface area (TPSA) is 51.9 Å². The first kappa shape index (κ1) is 19.7. The smallest absolute Gasteiger partial charge is 0.307 e. The van der Waals surface area contributed by atoms with Gasteiger partial charge in [0, 0.05) is 48.5 Å². The number of rotatable bonds is 7. The molecule has 0 saturated carbocycles. The van der Waals surface area contributed by atoms with Gasteiger partial charge >= 0.3 is 5.69 Å². The van der Waals surface area contributed by atoms with Crippen molar-refractivity contribution in [3.05, 3.63) is 75.6 Å². The van der Waals surface area contributed by atoms with E-state index in [1.54, 1.807) is 28.7 Å². The third kappa shape index (κ3) is 4.64. The molecule has 142 valence electrons. The predicted octanol–water partition coefficient (Wildman–Crippen LogP) is 4.26. The van der Waals surface area contributed by atoms with Gasteiger partial charge in [-0.3, -0.25) is 14.1 Å². The first-order valence-corrected chi connectivity index (χ1v) is 10.00. The lowest BCUT2D eigenvalue weighted by molar-refractivity contribution is 0.532. The van der Waals surface area contributed by atoms with Crippen molar-refractivity contribution >= 4 is 23.4 Å². The van der Waals surface area contributed by atoms with Crippen molar-refractivity contribution in [1.82, 2.24) is 19.4 Å². The number of pyridine rings is 1. The Labute approximate surface area is 168 Å². The third-order valence-electron chi connectivity index (χ3n) is 4.26. The number of hydrogen-bond donors (Lipinski definition) is 1. The zero-order valence-corrected chi connectivity index (χ0v) is 17.2. The van der Waals surface area contributed by atoms with Crippen LogP contribution in [0.15, 0.2) is 63.5 Å².